The van der Waals surface area contributed by atoms with Crippen molar-refractivity contribution in [3.8, 4) is 6.07 Å². The summed E-state index contributed by atoms with van der Waals surface area (Å²) in [5.41, 5.74) is 2.53. The van der Waals surface area contributed by atoms with E-state index in [1.54, 1.807) is 24.3 Å². The fourth-order valence-corrected chi connectivity index (χ4v) is 5.81. The lowest BCUT2D eigenvalue weighted by molar-refractivity contribution is -0.120. The molecule has 0 aliphatic heterocycles. The number of hydrogen-bond donors (Lipinski definition) is 1. The first-order valence-corrected chi connectivity index (χ1v) is 11.2. The zero-order valence-electron chi connectivity index (χ0n) is 18.0. The number of aromatic nitrogens is 2. The molecule has 1 amide bonds. The molecule has 6 heteroatoms. The van der Waals surface area contributed by atoms with Gasteiger partial charge in [0.15, 0.2) is 0 Å². The Balaban J connectivity index is 1.23. The molecular formula is C26H25FN4O. The Morgan fingerprint density at radius 1 is 1.12 bits per heavy atom. The third-order valence-corrected chi connectivity index (χ3v) is 7.49. The molecule has 2 aliphatic rings. The van der Waals surface area contributed by atoms with Crippen LogP contribution < -0.4 is 5.32 Å². The quantitative estimate of drug-likeness (QED) is 0.601. The summed E-state index contributed by atoms with van der Waals surface area (Å²) in [6, 6.07) is 12.2. The molecule has 0 saturated heterocycles. The van der Waals surface area contributed by atoms with Crippen molar-refractivity contribution in [2.24, 2.45) is 23.7 Å². The van der Waals surface area contributed by atoms with Crippen molar-refractivity contribution in [1.29, 1.82) is 5.26 Å². The van der Waals surface area contributed by atoms with Gasteiger partial charge in [0.05, 0.1) is 11.1 Å². The summed E-state index contributed by atoms with van der Waals surface area (Å²) in [6.07, 6.45) is 7.57. The Morgan fingerprint density at radius 3 is 2.59 bits per heavy atom. The predicted octanol–water partition coefficient (Wildman–Crippen LogP) is 5.44. The van der Waals surface area contributed by atoms with Gasteiger partial charge in [-0.15, -0.1) is 0 Å². The molecule has 32 heavy (non-hydrogen) atoms. The van der Waals surface area contributed by atoms with Gasteiger partial charge in [-0.2, -0.15) is 5.26 Å². The highest BCUT2D eigenvalue weighted by atomic mass is 19.1. The number of fused-ring (bicyclic) bond motifs is 2. The van der Waals surface area contributed by atoms with Gasteiger partial charge in [-0.1, -0.05) is 6.92 Å². The summed E-state index contributed by atoms with van der Waals surface area (Å²) in [7, 11) is 0. The maximum absolute atomic E-state index is 13.9. The van der Waals surface area contributed by atoms with E-state index in [0.717, 1.165) is 36.6 Å². The number of halogens is 1. The standard InChI is InChI=1S/C26H25FN4O/c1-15(26(32)31-25-5-2-16(13-28)14-30-25)17-8-18-10-20(11-19(18)9-17)22-6-7-29-24-4-3-21(27)12-23(22)24/h2-7,12,14-15,17-20H,8-11H2,1H3,(H,30,31,32)/t15-,17?,18-,19+,20?/m1/s1. The first-order chi connectivity index (χ1) is 15.5. The van der Waals surface area contributed by atoms with Crippen molar-refractivity contribution in [1.82, 2.24) is 9.97 Å². The van der Waals surface area contributed by atoms with Crippen LogP contribution >= 0.6 is 0 Å². The van der Waals surface area contributed by atoms with Crippen LogP contribution in [0.1, 0.15) is 49.7 Å². The minimum absolute atomic E-state index is 0.0145. The number of amides is 1. The summed E-state index contributed by atoms with van der Waals surface area (Å²) in [4.78, 5) is 21.3. The highest BCUT2D eigenvalue weighted by Gasteiger charge is 2.44. The molecule has 2 heterocycles. The molecule has 2 saturated carbocycles. The number of nitrogens with zero attached hydrogens (tertiary/aromatic N) is 3. The summed E-state index contributed by atoms with van der Waals surface area (Å²) >= 11 is 0. The highest BCUT2D eigenvalue weighted by molar-refractivity contribution is 5.91. The second kappa shape index (κ2) is 8.31. The van der Waals surface area contributed by atoms with Gasteiger partial charge < -0.3 is 5.32 Å². The molecule has 0 spiro atoms. The molecular weight excluding hydrogens is 403 g/mol. The number of benzene rings is 1. The molecule has 2 aliphatic carbocycles. The topological polar surface area (TPSA) is 78.7 Å². The van der Waals surface area contributed by atoms with Crippen LogP contribution in [0.5, 0.6) is 0 Å². The second-order valence-corrected chi connectivity index (χ2v) is 9.30. The van der Waals surface area contributed by atoms with Gasteiger partial charge in [0.1, 0.15) is 17.7 Å². The van der Waals surface area contributed by atoms with Crippen LogP contribution in [0, 0.1) is 40.8 Å². The largest absolute Gasteiger partial charge is 0.310 e. The van der Waals surface area contributed by atoms with Crippen molar-refractivity contribution < 1.29 is 9.18 Å². The molecule has 5 nitrogen and oxygen atoms in total. The summed E-state index contributed by atoms with van der Waals surface area (Å²) in [5, 5.41) is 12.7. The molecule has 5 atom stereocenters. The van der Waals surface area contributed by atoms with Gasteiger partial charge in [0, 0.05) is 23.7 Å². The third kappa shape index (κ3) is 3.84. The van der Waals surface area contributed by atoms with Gasteiger partial charge >= 0.3 is 0 Å². The van der Waals surface area contributed by atoms with Crippen LogP contribution in [0.2, 0.25) is 0 Å². The Hall–Kier alpha value is -3.33. The van der Waals surface area contributed by atoms with Crippen LogP contribution in [0.3, 0.4) is 0 Å². The van der Waals surface area contributed by atoms with E-state index in [1.807, 2.05) is 25.3 Å². The van der Waals surface area contributed by atoms with E-state index in [2.05, 4.69) is 15.3 Å². The first-order valence-electron chi connectivity index (χ1n) is 11.2. The van der Waals surface area contributed by atoms with Crippen LogP contribution in [0.25, 0.3) is 10.9 Å². The SMILES string of the molecule is C[C@@H](C(=O)Nc1ccc(C#N)cn1)C1C[C@H]2CC(c3ccnc4ccc(F)cc34)C[C@H]2C1. The lowest BCUT2D eigenvalue weighted by atomic mass is 9.86. The van der Waals surface area contributed by atoms with E-state index in [9.17, 15) is 9.18 Å². The molecule has 2 fully saturated rings. The molecule has 2 unspecified atom stereocenters. The number of rotatable bonds is 4. The number of carbonyl (C=O) groups excluding carboxylic acids is 1. The Morgan fingerprint density at radius 2 is 1.91 bits per heavy atom. The molecule has 3 aromatic rings. The van der Waals surface area contributed by atoms with Gasteiger partial charge in [0.25, 0.3) is 0 Å². The fourth-order valence-electron chi connectivity index (χ4n) is 5.81. The lowest BCUT2D eigenvalue weighted by Crippen LogP contribution is -2.26. The van der Waals surface area contributed by atoms with Crippen molar-refractivity contribution in [2.45, 2.75) is 38.5 Å². The van der Waals surface area contributed by atoms with Crippen molar-refractivity contribution in [2.75, 3.05) is 5.32 Å². The molecule has 0 radical (unpaired) electrons. The number of hydrogen-bond acceptors (Lipinski definition) is 4. The smallest absolute Gasteiger partial charge is 0.228 e. The molecule has 1 N–H and O–H groups in total. The van der Waals surface area contributed by atoms with E-state index >= 15 is 0 Å². The van der Waals surface area contributed by atoms with Crippen LogP contribution in [-0.2, 0) is 4.79 Å². The number of pyridine rings is 2. The summed E-state index contributed by atoms with van der Waals surface area (Å²) < 4.78 is 13.9. The Kier molecular flexibility index (Phi) is 5.34. The zero-order valence-corrected chi connectivity index (χ0v) is 18.0. The van der Waals surface area contributed by atoms with E-state index in [0.29, 0.717) is 35.1 Å². The normalized spacial score (nSPS) is 25.3. The zero-order chi connectivity index (χ0) is 22.2. The maximum atomic E-state index is 13.9. The number of nitrogens with one attached hydrogen (secondary N) is 1. The number of carbonyl (C=O) groups is 1. The first kappa shape index (κ1) is 20.6. The van der Waals surface area contributed by atoms with Crippen LogP contribution in [0.4, 0.5) is 10.2 Å². The molecule has 1 aromatic carbocycles. The van der Waals surface area contributed by atoms with Gasteiger partial charge in [-0.25, -0.2) is 9.37 Å². The van der Waals surface area contributed by atoms with Crippen molar-refractivity contribution >= 4 is 22.6 Å². The van der Waals surface area contributed by atoms with Crippen molar-refractivity contribution in [3.05, 3.63) is 65.7 Å². The minimum atomic E-state index is -0.221. The average Bonchev–Trinajstić information content (AvgIpc) is 3.38. The highest BCUT2D eigenvalue weighted by Crippen LogP contribution is 2.54. The minimum Gasteiger partial charge on any atom is -0.310 e. The Labute approximate surface area is 186 Å². The summed E-state index contributed by atoms with van der Waals surface area (Å²) in [5.74, 6) is 2.14. The van der Waals surface area contributed by atoms with E-state index in [-0.39, 0.29) is 17.6 Å². The average molecular weight is 429 g/mol. The third-order valence-electron chi connectivity index (χ3n) is 7.49. The number of nitriles is 1. The molecule has 0 bridgehead atoms. The van der Waals surface area contributed by atoms with Crippen LogP contribution in [-0.4, -0.2) is 15.9 Å². The van der Waals surface area contributed by atoms with E-state index in [1.165, 1.54) is 17.8 Å². The van der Waals surface area contributed by atoms with Gasteiger partial charge in [0.2, 0.25) is 5.91 Å². The predicted molar refractivity (Wildman–Crippen MR) is 120 cm³/mol. The lowest BCUT2D eigenvalue weighted by Gasteiger charge is -2.21. The van der Waals surface area contributed by atoms with Crippen LogP contribution in [0.15, 0.2) is 48.8 Å². The van der Waals surface area contributed by atoms with Crippen molar-refractivity contribution in [3.63, 3.8) is 0 Å². The molecule has 2 aromatic heterocycles. The maximum Gasteiger partial charge on any atom is 0.228 e. The second-order valence-electron chi connectivity index (χ2n) is 9.30. The monoisotopic (exact) mass is 428 g/mol. The molecule has 162 valence electrons. The van der Waals surface area contributed by atoms with Gasteiger partial charge in [-0.05, 0) is 91.3 Å². The Bertz CT molecular complexity index is 1190. The van der Waals surface area contributed by atoms with E-state index in [4.69, 9.17) is 5.26 Å². The fraction of sp³-hybridized carbons (Fsp3) is 0.385. The number of anilines is 1. The summed E-state index contributed by atoms with van der Waals surface area (Å²) in [6.45, 7) is 2.00. The van der Waals surface area contributed by atoms with E-state index < -0.39 is 0 Å². The van der Waals surface area contributed by atoms with Gasteiger partial charge in [-0.3, -0.25) is 9.78 Å². The molecule has 5 rings (SSSR count).